The molecule has 3 N–H and O–H groups in total. The molecule has 19 heavy (non-hydrogen) atoms. The zero-order valence-electron chi connectivity index (χ0n) is 10.6. The molecule has 0 aliphatic rings. The first-order valence-electron chi connectivity index (χ1n) is 5.77. The van der Waals surface area contributed by atoms with Crippen LogP contribution in [0.5, 0.6) is 0 Å². The van der Waals surface area contributed by atoms with Crippen molar-refractivity contribution in [3.63, 3.8) is 0 Å². The standard InChI is InChI=1S/C12H14ClN5O/c1-3-18-6-8(14)10(17-18)12(19)16-9-4-7(2)5-15-11(9)13/h4-6H,3,14H2,1-2H3,(H,16,19). The highest BCUT2D eigenvalue weighted by Gasteiger charge is 2.16. The van der Waals surface area contributed by atoms with Crippen molar-refractivity contribution in [1.82, 2.24) is 14.8 Å². The van der Waals surface area contributed by atoms with Crippen LogP contribution >= 0.6 is 11.6 Å². The van der Waals surface area contributed by atoms with Crippen molar-refractivity contribution in [1.29, 1.82) is 0 Å². The fraction of sp³-hybridized carbons (Fsp3) is 0.250. The third-order valence-electron chi connectivity index (χ3n) is 2.55. The zero-order valence-corrected chi connectivity index (χ0v) is 11.4. The molecule has 0 bridgehead atoms. The number of halogens is 1. The number of aromatic nitrogens is 3. The minimum absolute atomic E-state index is 0.180. The van der Waals surface area contributed by atoms with E-state index in [-0.39, 0.29) is 10.8 Å². The second-order valence-electron chi connectivity index (χ2n) is 4.09. The van der Waals surface area contributed by atoms with Gasteiger partial charge in [0.05, 0.1) is 11.4 Å². The molecule has 2 heterocycles. The van der Waals surface area contributed by atoms with Crippen LogP contribution in [0.3, 0.4) is 0 Å². The number of nitrogens with two attached hydrogens (primary N) is 1. The minimum Gasteiger partial charge on any atom is -0.396 e. The van der Waals surface area contributed by atoms with E-state index in [1.807, 2.05) is 13.8 Å². The molecule has 0 aliphatic heterocycles. The molecule has 2 rings (SSSR count). The van der Waals surface area contributed by atoms with E-state index >= 15 is 0 Å². The largest absolute Gasteiger partial charge is 0.396 e. The lowest BCUT2D eigenvalue weighted by Gasteiger charge is -2.06. The molecule has 0 unspecified atom stereocenters. The molecule has 100 valence electrons. The highest BCUT2D eigenvalue weighted by molar-refractivity contribution is 6.32. The number of amides is 1. The highest BCUT2D eigenvalue weighted by Crippen LogP contribution is 2.21. The number of carbonyl (C=O) groups excluding carboxylic acids is 1. The van der Waals surface area contributed by atoms with Crippen LogP contribution in [0.4, 0.5) is 11.4 Å². The number of anilines is 2. The summed E-state index contributed by atoms with van der Waals surface area (Å²) in [5.74, 6) is -0.404. The van der Waals surface area contributed by atoms with E-state index < -0.39 is 5.91 Å². The molecule has 0 saturated carbocycles. The SMILES string of the molecule is CCn1cc(N)c(C(=O)Nc2cc(C)cnc2Cl)n1. The van der Waals surface area contributed by atoms with Gasteiger partial charge in [-0.25, -0.2) is 4.98 Å². The summed E-state index contributed by atoms with van der Waals surface area (Å²) in [6.45, 7) is 4.42. The van der Waals surface area contributed by atoms with Crippen LogP contribution in [0.25, 0.3) is 0 Å². The number of aryl methyl sites for hydroxylation is 2. The van der Waals surface area contributed by atoms with Gasteiger partial charge in [-0.05, 0) is 25.5 Å². The fourth-order valence-electron chi connectivity index (χ4n) is 1.60. The molecule has 7 heteroatoms. The summed E-state index contributed by atoms with van der Waals surface area (Å²) in [5.41, 5.74) is 7.59. The van der Waals surface area contributed by atoms with Crippen LogP contribution < -0.4 is 11.1 Å². The first-order valence-corrected chi connectivity index (χ1v) is 6.15. The van der Waals surface area contributed by atoms with E-state index in [0.717, 1.165) is 5.56 Å². The van der Waals surface area contributed by atoms with Gasteiger partial charge in [-0.15, -0.1) is 0 Å². The molecule has 0 fully saturated rings. The second-order valence-corrected chi connectivity index (χ2v) is 4.45. The number of hydrogen-bond acceptors (Lipinski definition) is 4. The van der Waals surface area contributed by atoms with Crippen molar-refractivity contribution in [2.24, 2.45) is 0 Å². The average Bonchev–Trinajstić information content (AvgIpc) is 2.75. The average molecular weight is 280 g/mol. The number of nitrogens with zero attached hydrogens (tertiary/aromatic N) is 3. The van der Waals surface area contributed by atoms with E-state index in [2.05, 4.69) is 15.4 Å². The summed E-state index contributed by atoms with van der Waals surface area (Å²) in [6, 6.07) is 1.74. The van der Waals surface area contributed by atoms with Crippen LogP contribution in [0.2, 0.25) is 5.15 Å². The molecule has 0 aliphatic carbocycles. The fourth-order valence-corrected chi connectivity index (χ4v) is 1.75. The summed E-state index contributed by atoms with van der Waals surface area (Å²) in [6.07, 6.45) is 3.24. The van der Waals surface area contributed by atoms with Gasteiger partial charge in [0.2, 0.25) is 0 Å². The quantitative estimate of drug-likeness (QED) is 0.843. The lowest BCUT2D eigenvalue weighted by molar-refractivity contribution is 0.102. The Hall–Kier alpha value is -2.08. The Bertz CT molecular complexity index is 623. The molecular formula is C12H14ClN5O. The van der Waals surface area contributed by atoms with Gasteiger partial charge in [0.15, 0.2) is 10.8 Å². The van der Waals surface area contributed by atoms with Gasteiger partial charge in [-0.3, -0.25) is 9.48 Å². The molecule has 6 nitrogen and oxygen atoms in total. The van der Waals surface area contributed by atoms with Crippen molar-refractivity contribution in [3.8, 4) is 0 Å². The Morgan fingerprint density at radius 2 is 2.32 bits per heavy atom. The lowest BCUT2D eigenvalue weighted by Crippen LogP contribution is -2.15. The summed E-state index contributed by atoms with van der Waals surface area (Å²) >= 11 is 5.92. The summed E-state index contributed by atoms with van der Waals surface area (Å²) in [7, 11) is 0. The Labute approximate surface area is 115 Å². The van der Waals surface area contributed by atoms with Gasteiger partial charge >= 0.3 is 0 Å². The van der Waals surface area contributed by atoms with Gasteiger partial charge in [-0.1, -0.05) is 11.6 Å². The maximum absolute atomic E-state index is 12.1. The first-order chi connectivity index (χ1) is 9.01. The Morgan fingerprint density at radius 3 is 2.95 bits per heavy atom. The topological polar surface area (TPSA) is 85.8 Å². The van der Waals surface area contributed by atoms with Crippen molar-refractivity contribution >= 4 is 28.9 Å². The smallest absolute Gasteiger partial charge is 0.278 e. The van der Waals surface area contributed by atoms with Crippen LogP contribution in [0.15, 0.2) is 18.5 Å². The van der Waals surface area contributed by atoms with E-state index in [1.54, 1.807) is 23.1 Å². The predicted molar refractivity (Wildman–Crippen MR) is 74.3 cm³/mol. The Balaban J connectivity index is 2.25. The molecular weight excluding hydrogens is 266 g/mol. The van der Waals surface area contributed by atoms with E-state index in [9.17, 15) is 4.79 Å². The number of pyridine rings is 1. The van der Waals surface area contributed by atoms with Crippen LogP contribution in [0, 0.1) is 6.92 Å². The maximum Gasteiger partial charge on any atom is 0.278 e. The molecule has 2 aromatic heterocycles. The van der Waals surface area contributed by atoms with Crippen molar-refractivity contribution in [3.05, 3.63) is 34.9 Å². The van der Waals surface area contributed by atoms with Gasteiger partial charge in [0.25, 0.3) is 5.91 Å². The third kappa shape index (κ3) is 2.85. The maximum atomic E-state index is 12.1. The van der Waals surface area contributed by atoms with E-state index in [4.69, 9.17) is 17.3 Å². The normalized spacial score (nSPS) is 10.5. The van der Waals surface area contributed by atoms with Crippen LogP contribution in [-0.2, 0) is 6.54 Å². The molecule has 0 saturated heterocycles. The molecule has 0 aromatic carbocycles. The van der Waals surface area contributed by atoms with E-state index in [0.29, 0.717) is 17.9 Å². The highest BCUT2D eigenvalue weighted by atomic mass is 35.5. The number of nitrogens with one attached hydrogen (secondary N) is 1. The molecule has 2 aromatic rings. The monoisotopic (exact) mass is 279 g/mol. The number of carbonyl (C=O) groups is 1. The zero-order chi connectivity index (χ0) is 14.0. The first kappa shape index (κ1) is 13.4. The summed E-state index contributed by atoms with van der Waals surface area (Å²) in [4.78, 5) is 16.0. The van der Waals surface area contributed by atoms with Gasteiger partial charge in [0.1, 0.15) is 0 Å². The molecule has 0 radical (unpaired) electrons. The van der Waals surface area contributed by atoms with E-state index in [1.165, 1.54) is 0 Å². The number of nitrogen functional groups attached to an aromatic ring is 1. The lowest BCUT2D eigenvalue weighted by atomic mass is 10.3. The van der Waals surface area contributed by atoms with Gasteiger partial charge in [0, 0.05) is 18.9 Å². The van der Waals surface area contributed by atoms with Crippen LogP contribution in [0.1, 0.15) is 23.0 Å². The Kier molecular flexibility index (Phi) is 3.71. The number of rotatable bonds is 3. The van der Waals surface area contributed by atoms with Gasteiger partial charge in [-0.2, -0.15) is 5.10 Å². The number of hydrogen-bond donors (Lipinski definition) is 2. The molecule has 1 amide bonds. The summed E-state index contributed by atoms with van der Waals surface area (Å²) in [5, 5.41) is 6.98. The predicted octanol–water partition coefficient (Wildman–Crippen LogP) is 2.09. The molecule has 0 atom stereocenters. The molecule has 0 spiro atoms. The van der Waals surface area contributed by atoms with Crippen molar-refractivity contribution < 1.29 is 4.79 Å². The van der Waals surface area contributed by atoms with Crippen molar-refractivity contribution in [2.45, 2.75) is 20.4 Å². The Morgan fingerprint density at radius 1 is 1.58 bits per heavy atom. The second kappa shape index (κ2) is 5.27. The van der Waals surface area contributed by atoms with Crippen LogP contribution in [-0.4, -0.2) is 20.7 Å². The third-order valence-corrected chi connectivity index (χ3v) is 2.85. The minimum atomic E-state index is -0.404. The summed E-state index contributed by atoms with van der Waals surface area (Å²) < 4.78 is 1.60. The van der Waals surface area contributed by atoms with Gasteiger partial charge < -0.3 is 11.1 Å². The van der Waals surface area contributed by atoms with Crippen molar-refractivity contribution in [2.75, 3.05) is 11.1 Å².